The second kappa shape index (κ2) is 6.21. The second-order valence-electron chi connectivity index (χ2n) is 2.82. The number of rotatable bonds is 6. The van der Waals surface area contributed by atoms with Crippen LogP contribution in [0.2, 0.25) is 0 Å². The van der Waals surface area contributed by atoms with Crippen LogP contribution in [0.1, 0.15) is 13.8 Å². The molecule has 0 fully saturated rings. The fraction of sp³-hybridized carbons (Fsp3) is 1.00. The quantitative estimate of drug-likeness (QED) is 0.650. The van der Waals surface area contributed by atoms with Crippen molar-refractivity contribution in [2.45, 2.75) is 20.0 Å². The molecule has 0 saturated heterocycles. The number of halogens is 3. The minimum atomic E-state index is -4.09. The monoisotopic (exact) mass is 198 g/mol. The molecule has 0 aromatic rings. The van der Waals surface area contributed by atoms with E-state index in [-0.39, 0.29) is 0 Å². The summed E-state index contributed by atoms with van der Waals surface area (Å²) in [6.45, 7) is 5.91. The molecule has 5 heteroatoms. The fourth-order valence-corrected chi connectivity index (χ4v) is 1.01. The summed E-state index contributed by atoms with van der Waals surface area (Å²) in [4.78, 5) is 2.07. The Morgan fingerprint density at radius 1 is 1.15 bits per heavy atom. The summed E-state index contributed by atoms with van der Waals surface area (Å²) in [6.07, 6.45) is -4.09. The van der Waals surface area contributed by atoms with E-state index >= 15 is 0 Å². The molecule has 0 aliphatic heterocycles. The van der Waals surface area contributed by atoms with Gasteiger partial charge in [-0.15, -0.1) is 0 Å². The summed E-state index contributed by atoms with van der Waals surface area (Å²) < 4.78 is 35.0. The van der Waals surface area contributed by atoms with Crippen molar-refractivity contribution in [3.63, 3.8) is 0 Å². The summed E-state index contributed by atoms with van der Waals surface area (Å²) >= 11 is 0. The third kappa shape index (κ3) is 8.05. The van der Waals surface area contributed by atoms with Crippen LogP contribution >= 0.6 is 0 Å². The smallest absolute Gasteiger partial charge is 0.307 e. The van der Waals surface area contributed by atoms with Gasteiger partial charge in [-0.1, -0.05) is 13.8 Å². The maximum absolute atomic E-state index is 11.7. The van der Waals surface area contributed by atoms with Crippen LogP contribution < -0.4 is 5.32 Å². The van der Waals surface area contributed by atoms with Crippen LogP contribution in [0.15, 0.2) is 0 Å². The predicted molar refractivity (Wildman–Crippen MR) is 46.7 cm³/mol. The molecular formula is C8H17F3N2. The lowest BCUT2D eigenvalue weighted by Gasteiger charge is -2.18. The van der Waals surface area contributed by atoms with E-state index in [1.165, 1.54) is 0 Å². The Hall–Kier alpha value is -0.290. The number of hydrogen-bond donors (Lipinski definition) is 1. The van der Waals surface area contributed by atoms with E-state index in [1.807, 2.05) is 13.8 Å². The minimum Gasteiger partial charge on any atom is -0.307 e. The number of hydrogen-bond acceptors (Lipinski definition) is 2. The summed E-state index contributed by atoms with van der Waals surface area (Å²) in [5, 5.41) is 2.36. The highest BCUT2D eigenvalue weighted by atomic mass is 19.4. The Labute approximate surface area is 77.1 Å². The molecule has 13 heavy (non-hydrogen) atoms. The van der Waals surface area contributed by atoms with E-state index < -0.39 is 12.7 Å². The average molecular weight is 198 g/mol. The molecule has 0 saturated carbocycles. The molecule has 1 N–H and O–H groups in total. The first-order valence-electron chi connectivity index (χ1n) is 4.49. The molecule has 0 aromatic carbocycles. The van der Waals surface area contributed by atoms with Gasteiger partial charge in [0.25, 0.3) is 0 Å². The highest BCUT2D eigenvalue weighted by molar-refractivity contribution is 4.59. The molecule has 2 nitrogen and oxygen atoms in total. The Morgan fingerprint density at radius 2 is 1.69 bits per heavy atom. The predicted octanol–water partition coefficient (Wildman–Crippen LogP) is 1.48. The zero-order chi connectivity index (χ0) is 10.3. The van der Waals surface area contributed by atoms with Gasteiger partial charge in [0.2, 0.25) is 0 Å². The lowest BCUT2D eigenvalue weighted by Crippen LogP contribution is -2.36. The van der Waals surface area contributed by atoms with Crippen LogP contribution in [0.3, 0.4) is 0 Å². The highest BCUT2D eigenvalue weighted by Gasteiger charge is 2.25. The fourth-order valence-electron chi connectivity index (χ4n) is 1.01. The molecule has 0 spiro atoms. The largest absolute Gasteiger partial charge is 0.401 e. The first kappa shape index (κ1) is 12.7. The standard InChI is InChI=1S/C8H17F3N2/c1-3-13(4-2)6-5-12-7-8(9,10)11/h12H,3-7H2,1-2H3. The van der Waals surface area contributed by atoms with Gasteiger partial charge >= 0.3 is 6.18 Å². The van der Waals surface area contributed by atoms with Gasteiger partial charge in [0.15, 0.2) is 0 Å². The molecule has 0 aliphatic carbocycles. The summed E-state index contributed by atoms with van der Waals surface area (Å²) in [7, 11) is 0. The molecule has 0 rings (SSSR count). The normalized spacial score (nSPS) is 12.5. The zero-order valence-electron chi connectivity index (χ0n) is 8.12. The van der Waals surface area contributed by atoms with Crippen molar-refractivity contribution in [2.24, 2.45) is 0 Å². The molecule has 0 radical (unpaired) electrons. The summed E-state index contributed by atoms with van der Waals surface area (Å²) in [6, 6.07) is 0. The third-order valence-corrected chi connectivity index (χ3v) is 1.82. The number of nitrogens with zero attached hydrogens (tertiary/aromatic N) is 1. The van der Waals surface area contributed by atoms with Crippen LogP contribution in [-0.2, 0) is 0 Å². The van der Waals surface area contributed by atoms with Gasteiger partial charge in [0.1, 0.15) is 0 Å². The highest BCUT2D eigenvalue weighted by Crippen LogP contribution is 2.11. The molecule has 80 valence electrons. The molecule has 0 atom stereocenters. The van der Waals surface area contributed by atoms with Gasteiger partial charge < -0.3 is 10.2 Å². The van der Waals surface area contributed by atoms with Crippen LogP contribution in [0, 0.1) is 0 Å². The van der Waals surface area contributed by atoms with Gasteiger partial charge in [-0.05, 0) is 13.1 Å². The minimum absolute atomic E-state index is 0.390. The van der Waals surface area contributed by atoms with Crippen LogP contribution in [0.25, 0.3) is 0 Å². The van der Waals surface area contributed by atoms with Crippen LogP contribution in [0.4, 0.5) is 13.2 Å². The van der Waals surface area contributed by atoms with E-state index in [9.17, 15) is 13.2 Å². The zero-order valence-corrected chi connectivity index (χ0v) is 8.12. The first-order valence-corrected chi connectivity index (χ1v) is 4.49. The van der Waals surface area contributed by atoms with E-state index in [0.29, 0.717) is 13.1 Å². The van der Waals surface area contributed by atoms with Gasteiger partial charge in [-0.3, -0.25) is 0 Å². The number of likely N-dealkylation sites (N-methyl/N-ethyl adjacent to an activating group) is 1. The van der Waals surface area contributed by atoms with Gasteiger partial charge in [0.05, 0.1) is 6.54 Å². The van der Waals surface area contributed by atoms with E-state index in [2.05, 4.69) is 10.2 Å². The maximum Gasteiger partial charge on any atom is 0.401 e. The average Bonchev–Trinajstić information content (AvgIpc) is 2.03. The molecule has 0 heterocycles. The molecule has 0 bridgehead atoms. The summed E-state index contributed by atoms with van der Waals surface area (Å²) in [5.41, 5.74) is 0. The van der Waals surface area contributed by atoms with E-state index in [1.54, 1.807) is 0 Å². The Balaban J connectivity index is 3.34. The van der Waals surface area contributed by atoms with Crippen molar-refractivity contribution < 1.29 is 13.2 Å². The topological polar surface area (TPSA) is 15.3 Å². The molecule has 0 aliphatic rings. The van der Waals surface area contributed by atoms with Crippen molar-refractivity contribution in [3.05, 3.63) is 0 Å². The Kier molecular flexibility index (Phi) is 6.07. The maximum atomic E-state index is 11.7. The van der Waals surface area contributed by atoms with Gasteiger partial charge in [0, 0.05) is 13.1 Å². The summed E-state index contributed by atoms with van der Waals surface area (Å²) in [5.74, 6) is 0. The Morgan fingerprint density at radius 3 is 2.08 bits per heavy atom. The van der Waals surface area contributed by atoms with E-state index in [0.717, 1.165) is 13.1 Å². The molecule has 0 aromatic heterocycles. The second-order valence-corrected chi connectivity index (χ2v) is 2.82. The Bertz CT molecular complexity index is 121. The van der Waals surface area contributed by atoms with Gasteiger partial charge in [-0.2, -0.15) is 13.2 Å². The molecule has 0 unspecified atom stereocenters. The SMILES string of the molecule is CCN(CC)CCNCC(F)(F)F. The lowest BCUT2D eigenvalue weighted by atomic mass is 10.4. The van der Waals surface area contributed by atoms with Gasteiger partial charge in [-0.25, -0.2) is 0 Å². The molecule has 0 amide bonds. The van der Waals surface area contributed by atoms with Crippen molar-refractivity contribution in [2.75, 3.05) is 32.7 Å². The van der Waals surface area contributed by atoms with Crippen molar-refractivity contribution in [1.29, 1.82) is 0 Å². The van der Waals surface area contributed by atoms with Crippen molar-refractivity contribution >= 4 is 0 Å². The van der Waals surface area contributed by atoms with Crippen molar-refractivity contribution in [1.82, 2.24) is 10.2 Å². The number of alkyl halides is 3. The third-order valence-electron chi connectivity index (χ3n) is 1.82. The van der Waals surface area contributed by atoms with Crippen LogP contribution in [0.5, 0.6) is 0 Å². The van der Waals surface area contributed by atoms with E-state index in [4.69, 9.17) is 0 Å². The van der Waals surface area contributed by atoms with Crippen LogP contribution in [-0.4, -0.2) is 43.8 Å². The molecular weight excluding hydrogens is 181 g/mol. The lowest BCUT2D eigenvalue weighted by molar-refractivity contribution is -0.124. The first-order chi connectivity index (χ1) is 5.99. The van der Waals surface area contributed by atoms with Crippen molar-refractivity contribution in [3.8, 4) is 0 Å². The number of nitrogens with one attached hydrogen (secondary N) is 1.